The molecule has 1 aliphatic heterocycles. The van der Waals surface area contributed by atoms with E-state index in [1.54, 1.807) is 0 Å². The summed E-state index contributed by atoms with van der Waals surface area (Å²) in [6.07, 6.45) is 6.54. The molecule has 1 atom stereocenters. The Balaban J connectivity index is 1.90. The van der Waals surface area contributed by atoms with Crippen molar-refractivity contribution >= 4 is 0 Å². The fourth-order valence-electron chi connectivity index (χ4n) is 2.53. The maximum atomic E-state index is 4.06. The highest BCUT2D eigenvalue weighted by Crippen LogP contribution is 2.24. The average Bonchev–Trinajstić information content (AvgIpc) is 2.30. The second-order valence-corrected chi connectivity index (χ2v) is 5.24. The molecular weight excluding hydrogens is 196 g/mol. The van der Waals surface area contributed by atoms with Crippen LogP contribution in [0, 0.1) is 11.8 Å². The lowest BCUT2D eigenvalue weighted by Gasteiger charge is -2.34. The molecule has 0 saturated carbocycles. The molecule has 1 saturated heterocycles. The fourth-order valence-corrected chi connectivity index (χ4v) is 2.53. The molecule has 0 amide bonds. The van der Waals surface area contributed by atoms with Crippen LogP contribution in [0.3, 0.4) is 0 Å². The van der Waals surface area contributed by atoms with E-state index in [1.165, 1.54) is 31.5 Å². The van der Waals surface area contributed by atoms with Crippen molar-refractivity contribution in [1.82, 2.24) is 9.88 Å². The lowest BCUT2D eigenvalue weighted by atomic mass is 9.88. The van der Waals surface area contributed by atoms with Gasteiger partial charge in [-0.2, -0.15) is 0 Å². The van der Waals surface area contributed by atoms with Crippen molar-refractivity contribution in [2.24, 2.45) is 11.8 Å². The van der Waals surface area contributed by atoms with Gasteiger partial charge in [0.1, 0.15) is 0 Å². The Morgan fingerprint density at radius 3 is 2.81 bits per heavy atom. The second-order valence-electron chi connectivity index (χ2n) is 5.24. The lowest BCUT2D eigenvalue weighted by Crippen LogP contribution is -2.36. The molecule has 2 nitrogen and oxygen atoms in total. The van der Waals surface area contributed by atoms with Crippen molar-refractivity contribution in [3.8, 4) is 0 Å². The van der Waals surface area contributed by atoms with E-state index >= 15 is 0 Å². The van der Waals surface area contributed by atoms with Gasteiger partial charge in [0.15, 0.2) is 0 Å². The minimum Gasteiger partial charge on any atom is -0.299 e. The largest absolute Gasteiger partial charge is 0.299 e. The molecule has 2 heterocycles. The van der Waals surface area contributed by atoms with Gasteiger partial charge in [-0.1, -0.05) is 13.8 Å². The molecule has 2 rings (SSSR count). The molecule has 0 aromatic carbocycles. The van der Waals surface area contributed by atoms with E-state index in [0.29, 0.717) is 0 Å². The van der Waals surface area contributed by atoms with Crippen molar-refractivity contribution in [3.05, 3.63) is 30.1 Å². The van der Waals surface area contributed by atoms with Crippen molar-refractivity contribution in [2.45, 2.75) is 33.2 Å². The van der Waals surface area contributed by atoms with Crippen LogP contribution in [0.2, 0.25) is 0 Å². The first-order chi connectivity index (χ1) is 7.75. The van der Waals surface area contributed by atoms with E-state index in [9.17, 15) is 0 Å². The Kier molecular flexibility index (Phi) is 3.94. The molecule has 1 aliphatic rings. The zero-order valence-electron chi connectivity index (χ0n) is 10.4. The molecule has 1 aromatic rings. The van der Waals surface area contributed by atoms with Crippen LogP contribution in [0.4, 0.5) is 0 Å². The Hall–Kier alpha value is -0.890. The summed E-state index contributed by atoms with van der Waals surface area (Å²) in [5, 5.41) is 0. The number of hydrogen-bond donors (Lipinski definition) is 0. The number of aromatic nitrogens is 1. The average molecular weight is 218 g/mol. The summed E-state index contributed by atoms with van der Waals surface area (Å²) in [6, 6.07) is 4.25. The maximum Gasteiger partial charge on any atom is 0.0271 e. The van der Waals surface area contributed by atoms with Crippen LogP contribution in [0.1, 0.15) is 32.3 Å². The molecule has 0 aliphatic carbocycles. The standard InChI is InChI=1S/C14H22N2/c1-12(2)14-4-3-9-16(11-14)10-13-5-7-15-8-6-13/h5-8,12,14H,3-4,9-11H2,1-2H3. The Morgan fingerprint density at radius 2 is 2.12 bits per heavy atom. The van der Waals surface area contributed by atoms with Crippen LogP contribution in [-0.4, -0.2) is 23.0 Å². The van der Waals surface area contributed by atoms with Gasteiger partial charge in [0.25, 0.3) is 0 Å². The van der Waals surface area contributed by atoms with E-state index in [1.807, 2.05) is 12.4 Å². The summed E-state index contributed by atoms with van der Waals surface area (Å²) in [7, 11) is 0. The zero-order valence-corrected chi connectivity index (χ0v) is 10.4. The number of rotatable bonds is 3. The highest BCUT2D eigenvalue weighted by Gasteiger charge is 2.21. The molecule has 88 valence electrons. The van der Waals surface area contributed by atoms with E-state index in [2.05, 4.69) is 35.9 Å². The smallest absolute Gasteiger partial charge is 0.0271 e. The van der Waals surface area contributed by atoms with Gasteiger partial charge in [-0.25, -0.2) is 0 Å². The van der Waals surface area contributed by atoms with E-state index in [0.717, 1.165) is 18.4 Å². The predicted octanol–water partition coefficient (Wildman–Crippen LogP) is 2.95. The Labute approximate surface area is 98.7 Å². The SMILES string of the molecule is CC(C)C1CCCN(Cc2ccncc2)C1. The molecule has 1 aromatic heterocycles. The minimum absolute atomic E-state index is 0.820. The van der Waals surface area contributed by atoms with E-state index in [4.69, 9.17) is 0 Å². The second kappa shape index (κ2) is 5.44. The molecule has 1 unspecified atom stereocenters. The molecule has 0 spiro atoms. The van der Waals surface area contributed by atoms with Gasteiger partial charge >= 0.3 is 0 Å². The molecular formula is C14H22N2. The van der Waals surface area contributed by atoms with Crippen molar-refractivity contribution in [3.63, 3.8) is 0 Å². The number of piperidine rings is 1. The van der Waals surface area contributed by atoms with Crippen LogP contribution < -0.4 is 0 Å². The number of nitrogens with zero attached hydrogens (tertiary/aromatic N) is 2. The topological polar surface area (TPSA) is 16.1 Å². The van der Waals surface area contributed by atoms with E-state index in [-0.39, 0.29) is 0 Å². The summed E-state index contributed by atoms with van der Waals surface area (Å²) in [6.45, 7) is 8.30. The van der Waals surface area contributed by atoms with Gasteiger partial charge in [-0.05, 0) is 48.9 Å². The third kappa shape index (κ3) is 3.05. The molecule has 16 heavy (non-hydrogen) atoms. The van der Waals surface area contributed by atoms with Crippen molar-refractivity contribution < 1.29 is 0 Å². The summed E-state index contributed by atoms with van der Waals surface area (Å²) in [5.74, 6) is 1.70. The Morgan fingerprint density at radius 1 is 1.38 bits per heavy atom. The highest BCUT2D eigenvalue weighted by atomic mass is 15.1. The quantitative estimate of drug-likeness (QED) is 0.775. The molecule has 1 fully saturated rings. The highest BCUT2D eigenvalue weighted by molar-refractivity contribution is 5.09. The molecule has 0 radical (unpaired) electrons. The van der Waals surface area contributed by atoms with Crippen LogP contribution in [0.5, 0.6) is 0 Å². The van der Waals surface area contributed by atoms with Gasteiger partial charge in [0.2, 0.25) is 0 Å². The third-order valence-electron chi connectivity index (χ3n) is 3.64. The van der Waals surface area contributed by atoms with Crippen LogP contribution in [-0.2, 0) is 6.54 Å². The minimum atomic E-state index is 0.820. The first-order valence-electron chi connectivity index (χ1n) is 6.37. The summed E-state index contributed by atoms with van der Waals surface area (Å²) in [5.41, 5.74) is 1.39. The van der Waals surface area contributed by atoms with Crippen LogP contribution in [0.15, 0.2) is 24.5 Å². The fraction of sp³-hybridized carbons (Fsp3) is 0.643. The number of likely N-dealkylation sites (tertiary alicyclic amines) is 1. The number of hydrogen-bond acceptors (Lipinski definition) is 2. The summed E-state index contributed by atoms with van der Waals surface area (Å²) < 4.78 is 0. The van der Waals surface area contributed by atoms with Gasteiger partial charge in [0, 0.05) is 25.5 Å². The van der Waals surface area contributed by atoms with Gasteiger partial charge in [-0.15, -0.1) is 0 Å². The summed E-state index contributed by atoms with van der Waals surface area (Å²) in [4.78, 5) is 6.65. The van der Waals surface area contributed by atoms with Crippen molar-refractivity contribution in [2.75, 3.05) is 13.1 Å². The Bertz CT molecular complexity index is 308. The van der Waals surface area contributed by atoms with Gasteiger partial charge < -0.3 is 0 Å². The monoisotopic (exact) mass is 218 g/mol. The van der Waals surface area contributed by atoms with Crippen LogP contribution >= 0.6 is 0 Å². The zero-order chi connectivity index (χ0) is 11.4. The van der Waals surface area contributed by atoms with Crippen LogP contribution in [0.25, 0.3) is 0 Å². The van der Waals surface area contributed by atoms with E-state index < -0.39 is 0 Å². The first kappa shape index (κ1) is 11.6. The van der Waals surface area contributed by atoms with Gasteiger partial charge in [-0.3, -0.25) is 9.88 Å². The first-order valence-corrected chi connectivity index (χ1v) is 6.37. The summed E-state index contributed by atoms with van der Waals surface area (Å²) >= 11 is 0. The lowest BCUT2D eigenvalue weighted by molar-refractivity contribution is 0.139. The predicted molar refractivity (Wildman–Crippen MR) is 67.1 cm³/mol. The molecule has 2 heteroatoms. The normalized spacial score (nSPS) is 22.6. The maximum absolute atomic E-state index is 4.06. The number of pyridine rings is 1. The molecule has 0 bridgehead atoms. The van der Waals surface area contributed by atoms with Crippen molar-refractivity contribution in [1.29, 1.82) is 0 Å². The molecule has 0 N–H and O–H groups in total. The third-order valence-corrected chi connectivity index (χ3v) is 3.64. The van der Waals surface area contributed by atoms with Gasteiger partial charge in [0.05, 0.1) is 0 Å².